The molecule has 2 N–H and O–H groups in total. The molecule has 0 saturated heterocycles. The number of halogens is 1. The number of carbonyl (C=O) groups excluding carboxylic acids is 1. The molecule has 0 saturated carbocycles. The standard InChI is InChI=1S/C21H18FNO4/c22-18-11-10-15(16-8-4-5-9-17(16)18)12-19(20(24)25)23-21(26)27-13-14-6-2-1-3-7-14/h1-11,19H,12-13H2,(H,23,26)(H,24,25)/t19-/m1/s1. The third-order valence-electron chi connectivity index (χ3n) is 4.19. The lowest BCUT2D eigenvalue weighted by Gasteiger charge is -2.16. The first-order valence-corrected chi connectivity index (χ1v) is 8.41. The van der Waals surface area contributed by atoms with Crippen LogP contribution in [0.3, 0.4) is 0 Å². The zero-order valence-electron chi connectivity index (χ0n) is 14.4. The van der Waals surface area contributed by atoms with Gasteiger partial charge in [0, 0.05) is 11.8 Å². The Morgan fingerprint density at radius 1 is 0.963 bits per heavy atom. The van der Waals surface area contributed by atoms with Crippen molar-refractivity contribution in [2.75, 3.05) is 0 Å². The minimum Gasteiger partial charge on any atom is -0.480 e. The van der Waals surface area contributed by atoms with Crippen LogP contribution in [0, 0.1) is 5.82 Å². The van der Waals surface area contributed by atoms with Crippen molar-refractivity contribution < 1.29 is 23.8 Å². The van der Waals surface area contributed by atoms with E-state index in [1.165, 1.54) is 12.1 Å². The highest BCUT2D eigenvalue weighted by molar-refractivity contribution is 5.87. The van der Waals surface area contributed by atoms with Gasteiger partial charge in [0.05, 0.1) is 0 Å². The van der Waals surface area contributed by atoms with Crippen LogP contribution in [0.25, 0.3) is 10.8 Å². The number of nitrogens with one attached hydrogen (secondary N) is 1. The fraction of sp³-hybridized carbons (Fsp3) is 0.143. The molecule has 138 valence electrons. The summed E-state index contributed by atoms with van der Waals surface area (Å²) in [7, 11) is 0. The van der Waals surface area contributed by atoms with Crippen molar-refractivity contribution in [1.82, 2.24) is 5.32 Å². The summed E-state index contributed by atoms with van der Waals surface area (Å²) in [6, 6.07) is 17.5. The van der Waals surface area contributed by atoms with Gasteiger partial charge < -0.3 is 15.2 Å². The zero-order chi connectivity index (χ0) is 19.2. The van der Waals surface area contributed by atoms with E-state index in [0.29, 0.717) is 16.3 Å². The average Bonchev–Trinajstić information content (AvgIpc) is 2.69. The fourth-order valence-corrected chi connectivity index (χ4v) is 2.83. The molecule has 0 fully saturated rings. The Hall–Kier alpha value is -3.41. The van der Waals surface area contributed by atoms with Crippen LogP contribution in [0.4, 0.5) is 9.18 Å². The van der Waals surface area contributed by atoms with Crippen LogP contribution in [0.2, 0.25) is 0 Å². The summed E-state index contributed by atoms with van der Waals surface area (Å²) in [5.41, 5.74) is 1.42. The van der Waals surface area contributed by atoms with Gasteiger partial charge in [0.25, 0.3) is 0 Å². The maximum Gasteiger partial charge on any atom is 0.408 e. The molecule has 6 heteroatoms. The number of carboxylic acid groups (broad SMARTS) is 1. The molecule has 5 nitrogen and oxygen atoms in total. The molecule has 0 aliphatic heterocycles. The molecule has 3 rings (SSSR count). The summed E-state index contributed by atoms with van der Waals surface area (Å²) in [6.07, 6.45) is -0.811. The molecule has 0 aromatic heterocycles. The zero-order valence-corrected chi connectivity index (χ0v) is 14.4. The van der Waals surface area contributed by atoms with Crippen LogP contribution >= 0.6 is 0 Å². The van der Waals surface area contributed by atoms with Crippen LogP contribution < -0.4 is 5.32 Å². The molecule has 27 heavy (non-hydrogen) atoms. The number of fused-ring (bicyclic) bond motifs is 1. The number of hydrogen-bond acceptors (Lipinski definition) is 3. The number of alkyl carbamates (subject to hydrolysis) is 1. The van der Waals surface area contributed by atoms with Crippen molar-refractivity contribution in [2.24, 2.45) is 0 Å². The van der Waals surface area contributed by atoms with E-state index in [2.05, 4.69) is 5.32 Å². The Bertz CT molecular complexity index is 959. The summed E-state index contributed by atoms with van der Waals surface area (Å²) in [5, 5.41) is 12.8. The minimum absolute atomic E-state index is 0.0105. The normalized spacial score (nSPS) is 11.7. The van der Waals surface area contributed by atoms with Gasteiger partial charge in [0.2, 0.25) is 0 Å². The summed E-state index contributed by atoms with van der Waals surface area (Å²) >= 11 is 0. The van der Waals surface area contributed by atoms with E-state index in [-0.39, 0.29) is 18.8 Å². The highest BCUT2D eigenvalue weighted by Crippen LogP contribution is 2.23. The molecular formula is C21H18FNO4. The average molecular weight is 367 g/mol. The third-order valence-corrected chi connectivity index (χ3v) is 4.19. The van der Waals surface area contributed by atoms with Crippen molar-refractivity contribution >= 4 is 22.8 Å². The molecule has 0 aliphatic carbocycles. The van der Waals surface area contributed by atoms with Crippen LogP contribution in [-0.4, -0.2) is 23.2 Å². The first kappa shape index (κ1) is 18.4. The largest absolute Gasteiger partial charge is 0.480 e. The Kier molecular flexibility index (Phi) is 5.66. The maximum absolute atomic E-state index is 13.9. The molecule has 0 bridgehead atoms. The van der Waals surface area contributed by atoms with E-state index in [1.54, 1.807) is 36.4 Å². The van der Waals surface area contributed by atoms with E-state index in [4.69, 9.17) is 4.74 Å². The van der Waals surface area contributed by atoms with Gasteiger partial charge in [-0.15, -0.1) is 0 Å². The molecule has 3 aromatic rings. The summed E-state index contributed by atoms with van der Waals surface area (Å²) in [4.78, 5) is 23.6. The lowest BCUT2D eigenvalue weighted by Crippen LogP contribution is -2.42. The molecule has 1 amide bonds. The van der Waals surface area contributed by atoms with Crippen molar-refractivity contribution in [2.45, 2.75) is 19.1 Å². The molecular weight excluding hydrogens is 349 g/mol. The lowest BCUT2D eigenvalue weighted by molar-refractivity contribution is -0.139. The van der Waals surface area contributed by atoms with Gasteiger partial charge in [0.15, 0.2) is 0 Å². The van der Waals surface area contributed by atoms with Gasteiger partial charge >= 0.3 is 12.1 Å². The van der Waals surface area contributed by atoms with Crippen LogP contribution in [-0.2, 0) is 22.6 Å². The summed E-state index contributed by atoms with van der Waals surface area (Å²) in [6.45, 7) is 0.0402. The van der Waals surface area contributed by atoms with E-state index >= 15 is 0 Å². The molecule has 0 unspecified atom stereocenters. The molecule has 0 radical (unpaired) electrons. The number of aliphatic carboxylic acids is 1. The minimum atomic E-state index is -1.19. The lowest BCUT2D eigenvalue weighted by atomic mass is 9.98. The topological polar surface area (TPSA) is 75.6 Å². The van der Waals surface area contributed by atoms with Gasteiger partial charge in [-0.05, 0) is 22.6 Å². The molecule has 0 aliphatic rings. The first-order chi connectivity index (χ1) is 13.0. The van der Waals surface area contributed by atoms with Gasteiger partial charge in [-0.1, -0.05) is 60.7 Å². The predicted molar refractivity (Wildman–Crippen MR) is 98.8 cm³/mol. The molecule has 3 aromatic carbocycles. The molecule has 1 atom stereocenters. The number of carbonyl (C=O) groups is 2. The monoisotopic (exact) mass is 367 g/mol. The smallest absolute Gasteiger partial charge is 0.408 e. The van der Waals surface area contributed by atoms with E-state index in [9.17, 15) is 19.1 Å². The summed E-state index contributed by atoms with van der Waals surface area (Å²) in [5.74, 6) is -1.57. The van der Waals surface area contributed by atoms with Crippen molar-refractivity contribution in [3.63, 3.8) is 0 Å². The quantitative estimate of drug-likeness (QED) is 0.693. The highest BCUT2D eigenvalue weighted by atomic mass is 19.1. The van der Waals surface area contributed by atoms with Crippen molar-refractivity contribution in [3.8, 4) is 0 Å². The maximum atomic E-state index is 13.9. The van der Waals surface area contributed by atoms with Crippen molar-refractivity contribution in [1.29, 1.82) is 0 Å². The SMILES string of the molecule is O=C(N[C@H](Cc1ccc(F)c2ccccc12)C(=O)O)OCc1ccccc1. The van der Waals surface area contributed by atoms with E-state index < -0.39 is 18.1 Å². The number of carboxylic acids is 1. The van der Waals surface area contributed by atoms with E-state index in [0.717, 1.165) is 5.56 Å². The first-order valence-electron chi connectivity index (χ1n) is 8.41. The van der Waals surface area contributed by atoms with E-state index in [1.807, 2.05) is 18.2 Å². The second-order valence-corrected chi connectivity index (χ2v) is 6.05. The molecule has 0 heterocycles. The fourth-order valence-electron chi connectivity index (χ4n) is 2.83. The predicted octanol–water partition coefficient (Wildman–Crippen LogP) is 3.90. The van der Waals surface area contributed by atoms with Crippen LogP contribution in [0.15, 0.2) is 66.7 Å². The van der Waals surface area contributed by atoms with Gasteiger partial charge in [0.1, 0.15) is 18.5 Å². The number of ether oxygens (including phenoxy) is 1. The Balaban J connectivity index is 1.70. The van der Waals surface area contributed by atoms with Crippen molar-refractivity contribution in [3.05, 3.63) is 83.7 Å². The Morgan fingerprint density at radius 3 is 2.33 bits per heavy atom. The highest BCUT2D eigenvalue weighted by Gasteiger charge is 2.22. The third kappa shape index (κ3) is 4.61. The number of rotatable bonds is 6. The number of hydrogen-bond donors (Lipinski definition) is 2. The number of benzene rings is 3. The van der Waals surface area contributed by atoms with Crippen LogP contribution in [0.5, 0.6) is 0 Å². The Labute approximate surface area is 155 Å². The molecule has 0 spiro atoms. The van der Waals surface area contributed by atoms with Crippen LogP contribution in [0.1, 0.15) is 11.1 Å². The second-order valence-electron chi connectivity index (χ2n) is 6.05. The number of amides is 1. The Morgan fingerprint density at radius 2 is 1.63 bits per heavy atom. The van der Waals surface area contributed by atoms with Gasteiger partial charge in [-0.25, -0.2) is 14.0 Å². The summed E-state index contributed by atoms with van der Waals surface area (Å²) < 4.78 is 19.0. The second kappa shape index (κ2) is 8.31. The van der Waals surface area contributed by atoms with Gasteiger partial charge in [-0.3, -0.25) is 0 Å². The van der Waals surface area contributed by atoms with Gasteiger partial charge in [-0.2, -0.15) is 0 Å².